The summed E-state index contributed by atoms with van der Waals surface area (Å²) in [4.78, 5) is 12.6. The molecule has 1 N–H and O–H groups in total. The van der Waals surface area contributed by atoms with E-state index in [0.717, 1.165) is 29.0 Å². The Labute approximate surface area is 140 Å². The van der Waals surface area contributed by atoms with Crippen LogP contribution in [0.5, 0.6) is 5.75 Å². The summed E-state index contributed by atoms with van der Waals surface area (Å²) in [5, 5.41) is 2.99. The lowest BCUT2D eigenvalue weighted by Crippen LogP contribution is -2.42. The Balaban J connectivity index is 2.94. The maximum atomic E-state index is 12.6. The highest BCUT2D eigenvalue weighted by Crippen LogP contribution is 2.29. The van der Waals surface area contributed by atoms with Crippen LogP contribution in [-0.4, -0.2) is 24.2 Å². The zero-order valence-corrected chi connectivity index (χ0v) is 15.6. The molecule has 1 aromatic carbocycles. The number of hydrogen-bond acceptors (Lipinski definition) is 3. The first-order valence-electron chi connectivity index (χ1n) is 8.46. The van der Waals surface area contributed by atoms with Crippen LogP contribution < -0.4 is 10.1 Å². The van der Waals surface area contributed by atoms with Gasteiger partial charge in [-0.25, -0.2) is 0 Å². The van der Waals surface area contributed by atoms with Gasteiger partial charge in [-0.15, -0.1) is 0 Å². The van der Waals surface area contributed by atoms with Gasteiger partial charge in [0.1, 0.15) is 11.4 Å². The van der Waals surface area contributed by atoms with Gasteiger partial charge in [-0.05, 0) is 70.7 Å². The van der Waals surface area contributed by atoms with Crippen LogP contribution in [-0.2, 0) is 9.53 Å². The Morgan fingerprint density at radius 2 is 1.78 bits per heavy atom. The van der Waals surface area contributed by atoms with Crippen molar-refractivity contribution in [2.75, 3.05) is 11.9 Å². The molecule has 1 aromatic rings. The number of amides is 1. The van der Waals surface area contributed by atoms with Crippen molar-refractivity contribution in [1.29, 1.82) is 0 Å². The second-order valence-electron chi connectivity index (χ2n) is 6.49. The zero-order valence-electron chi connectivity index (χ0n) is 15.6. The van der Waals surface area contributed by atoms with Gasteiger partial charge < -0.3 is 14.8 Å². The smallest absolute Gasteiger partial charge is 0.256 e. The maximum Gasteiger partial charge on any atom is 0.256 e. The van der Waals surface area contributed by atoms with Gasteiger partial charge in [-0.2, -0.15) is 0 Å². The van der Waals surface area contributed by atoms with Crippen LogP contribution in [0.15, 0.2) is 12.1 Å². The number of carbonyl (C=O) groups excluding carboxylic acids is 1. The zero-order chi connectivity index (χ0) is 17.6. The lowest BCUT2D eigenvalue weighted by molar-refractivity contribution is -0.139. The number of carbonyl (C=O) groups is 1. The molecule has 4 heteroatoms. The van der Waals surface area contributed by atoms with Crippen molar-refractivity contribution >= 4 is 11.6 Å². The summed E-state index contributed by atoms with van der Waals surface area (Å²) in [7, 11) is 0. The second-order valence-corrected chi connectivity index (χ2v) is 6.49. The van der Waals surface area contributed by atoms with E-state index in [2.05, 4.69) is 5.32 Å². The molecule has 1 amide bonds. The molecule has 0 aliphatic rings. The molecule has 4 nitrogen and oxygen atoms in total. The van der Waals surface area contributed by atoms with E-state index < -0.39 is 5.60 Å². The van der Waals surface area contributed by atoms with Gasteiger partial charge in [-0.3, -0.25) is 4.79 Å². The highest BCUT2D eigenvalue weighted by Gasteiger charge is 2.32. The molecule has 130 valence electrons. The molecular formula is C19H31NO3. The van der Waals surface area contributed by atoms with Crippen molar-refractivity contribution in [3.8, 4) is 5.75 Å². The van der Waals surface area contributed by atoms with Crippen molar-refractivity contribution in [1.82, 2.24) is 0 Å². The molecule has 0 aliphatic heterocycles. The number of rotatable bonds is 8. The Hall–Kier alpha value is -1.55. The summed E-state index contributed by atoms with van der Waals surface area (Å²) in [6.45, 7) is 14.4. The Bertz CT molecular complexity index is 516. The predicted octanol–water partition coefficient (Wildman–Crippen LogP) is 4.62. The van der Waals surface area contributed by atoms with Gasteiger partial charge >= 0.3 is 0 Å². The van der Waals surface area contributed by atoms with Crippen LogP contribution in [0.25, 0.3) is 0 Å². The van der Waals surface area contributed by atoms with Gasteiger partial charge in [-0.1, -0.05) is 13.8 Å². The molecule has 23 heavy (non-hydrogen) atoms. The monoisotopic (exact) mass is 321 g/mol. The third-order valence-corrected chi connectivity index (χ3v) is 3.85. The molecule has 0 aromatic heterocycles. The van der Waals surface area contributed by atoms with Gasteiger partial charge in [0.05, 0.1) is 6.10 Å². The second kappa shape index (κ2) is 8.34. The quantitative estimate of drug-likeness (QED) is 0.759. The molecule has 0 heterocycles. The van der Waals surface area contributed by atoms with Crippen molar-refractivity contribution < 1.29 is 14.3 Å². The highest BCUT2D eigenvalue weighted by atomic mass is 16.5. The first kappa shape index (κ1) is 19.5. The lowest BCUT2D eigenvalue weighted by atomic mass is 10.0. The number of nitrogens with one attached hydrogen (secondary N) is 1. The SMILES string of the molecule is CCCO[C@](C)(CC)C(=O)Nc1cc(C)c(OC(C)C)c(C)c1. The Kier molecular flexibility index (Phi) is 7.07. The molecule has 0 saturated heterocycles. The first-order valence-corrected chi connectivity index (χ1v) is 8.46. The minimum absolute atomic E-state index is 0.107. The summed E-state index contributed by atoms with van der Waals surface area (Å²) in [5.74, 6) is 0.781. The van der Waals surface area contributed by atoms with Crippen LogP contribution in [0, 0.1) is 13.8 Å². The van der Waals surface area contributed by atoms with Crippen LogP contribution in [0.1, 0.15) is 58.6 Å². The van der Waals surface area contributed by atoms with Crippen LogP contribution in [0.3, 0.4) is 0 Å². The lowest BCUT2D eigenvalue weighted by Gasteiger charge is -2.27. The normalized spacial score (nSPS) is 13.7. The number of anilines is 1. The molecule has 0 aliphatic carbocycles. The fourth-order valence-corrected chi connectivity index (χ4v) is 2.36. The van der Waals surface area contributed by atoms with Crippen molar-refractivity contribution in [2.45, 2.75) is 73.0 Å². The fourth-order valence-electron chi connectivity index (χ4n) is 2.36. The largest absolute Gasteiger partial charge is 0.490 e. The average molecular weight is 321 g/mol. The third-order valence-electron chi connectivity index (χ3n) is 3.85. The summed E-state index contributed by atoms with van der Waals surface area (Å²) >= 11 is 0. The van der Waals surface area contributed by atoms with Crippen LogP contribution in [0.2, 0.25) is 0 Å². The van der Waals surface area contributed by atoms with E-state index >= 15 is 0 Å². The molecule has 0 unspecified atom stereocenters. The molecule has 0 radical (unpaired) electrons. The molecule has 0 saturated carbocycles. The number of hydrogen-bond donors (Lipinski definition) is 1. The van der Waals surface area contributed by atoms with E-state index in [1.165, 1.54) is 0 Å². The minimum atomic E-state index is -0.801. The van der Waals surface area contributed by atoms with Crippen LogP contribution >= 0.6 is 0 Å². The van der Waals surface area contributed by atoms with Crippen molar-refractivity contribution in [2.24, 2.45) is 0 Å². The van der Waals surface area contributed by atoms with Gasteiger partial charge in [0.15, 0.2) is 0 Å². The summed E-state index contributed by atoms with van der Waals surface area (Å²) in [5.41, 5.74) is 2.01. The summed E-state index contributed by atoms with van der Waals surface area (Å²) < 4.78 is 11.6. The summed E-state index contributed by atoms with van der Waals surface area (Å²) in [6, 6.07) is 3.89. The summed E-state index contributed by atoms with van der Waals surface area (Å²) in [6.07, 6.45) is 1.65. The molecule has 1 rings (SSSR count). The number of benzene rings is 1. The molecule has 0 bridgehead atoms. The predicted molar refractivity (Wildman–Crippen MR) is 95.2 cm³/mol. The van der Waals surface area contributed by atoms with Crippen molar-refractivity contribution in [3.05, 3.63) is 23.3 Å². The van der Waals surface area contributed by atoms with E-state index in [9.17, 15) is 4.79 Å². The molecule has 0 spiro atoms. The number of ether oxygens (including phenoxy) is 2. The minimum Gasteiger partial charge on any atom is -0.490 e. The van der Waals surface area contributed by atoms with E-state index in [4.69, 9.17) is 9.47 Å². The molecule has 1 atom stereocenters. The van der Waals surface area contributed by atoms with E-state index in [1.54, 1.807) is 0 Å². The topological polar surface area (TPSA) is 47.6 Å². The van der Waals surface area contributed by atoms with Crippen molar-refractivity contribution in [3.63, 3.8) is 0 Å². The van der Waals surface area contributed by atoms with Gasteiger partial charge in [0, 0.05) is 12.3 Å². The van der Waals surface area contributed by atoms with Crippen LogP contribution in [0.4, 0.5) is 5.69 Å². The average Bonchev–Trinajstić information content (AvgIpc) is 2.48. The van der Waals surface area contributed by atoms with E-state index in [-0.39, 0.29) is 12.0 Å². The maximum absolute atomic E-state index is 12.6. The third kappa shape index (κ3) is 5.24. The van der Waals surface area contributed by atoms with E-state index in [1.807, 2.05) is 60.6 Å². The van der Waals surface area contributed by atoms with E-state index in [0.29, 0.717) is 13.0 Å². The Morgan fingerprint density at radius 1 is 1.22 bits per heavy atom. The van der Waals surface area contributed by atoms with Gasteiger partial charge in [0.2, 0.25) is 0 Å². The highest BCUT2D eigenvalue weighted by molar-refractivity contribution is 5.97. The van der Waals surface area contributed by atoms with Gasteiger partial charge in [0.25, 0.3) is 5.91 Å². The molecular weight excluding hydrogens is 290 g/mol. The number of aryl methyl sites for hydroxylation is 2. The standard InChI is InChI=1S/C19H31NO3/c1-8-10-22-19(7,9-2)18(21)20-16-11-14(5)17(15(6)12-16)23-13(3)4/h11-13H,8-10H2,1-7H3,(H,20,21)/t19-/m1/s1. The fraction of sp³-hybridized carbons (Fsp3) is 0.632. The first-order chi connectivity index (χ1) is 10.7. The Morgan fingerprint density at radius 3 is 2.22 bits per heavy atom. The molecule has 0 fully saturated rings.